The highest BCUT2D eigenvalue weighted by Gasteiger charge is 2.57. The van der Waals surface area contributed by atoms with Crippen LogP contribution in [-0.2, 0) is 14.3 Å². The number of nitrogens with two attached hydrogens (primary N) is 1. The van der Waals surface area contributed by atoms with E-state index in [9.17, 15) is 9.59 Å². The van der Waals surface area contributed by atoms with E-state index in [1.165, 1.54) is 6.08 Å². The lowest BCUT2D eigenvalue weighted by molar-refractivity contribution is -0.156. The van der Waals surface area contributed by atoms with Crippen molar-refractivity contribution in [2.24, 2.45) is 5.73 Å². The van der Waals surface area contributed by atoms with E-state index in [1.54, 1.807) is 4.90 Å². The fourth-order valence-electron chi connectivity index (χ4n) is 2.63. The Morgan fingerprint density at radius 3 is 3.19 bits per heavy atom. The first kappa shape index (κ1) is 11.1. The first-order valence-corrected chi connectivity index (χ1v) is 5.47. The van der Waals surface area contributed by atoms with Crippen molar-refractivity contribution in [2.45, 2.75) is 30.8 Å². The molecule has 2 saturated heterocycles. The van der Waals surface area contributed by atoms with E-state index in [0.29, 0.717) is 19.4 Å². The zero-order chi connectivity index (χ0) is 11.8. The number of hydrogen-bond donors (Lipinski definition) is 1. The summed E-state index contributed by atoms with van der Waals surface area (Å²) in [7, 11) is 0. The summed E-state index contributed by atoms with van der Waals surface area (Å²) >= 11 is 0. The summed E-state index contributed by atoms with van der Waals surface area (Å²) < 4.78 is 5.07. The number of fused-ring (bicyclic) bond motifs is 1. The van der Waals surface area contributed by atoms with Crippen LogP contribution < -0.4 is 5.73 Å². The molecule has 0 aromatic carbocycles. The first-order chi connectivity index (χ1) is 7.62. The number of amides is 1. The van der Waals surface area contributed by atoms with Gasteiger partial charge in [0.05, 0.1) is 6.04 Å². The van der Waals surface area contributed by atoms with Crippen molar-refractivity contribution in [2.75, 3.05) is 13.2 Å². The van der Waals surface area contributed by atoms with E-state index in [-0.39, 0.29) is 18.5 Å². The number of ether oxygens (including phenoxy) is 1. The summed E-state index contributed by atoms with van der Waals surface area (Å²) in [6, 6.07) is -0.559. The Morgan fingerprint density at radius 1 is 1.75 bits per heavy atom. The highest BCUT2D eigenvalue weighted by atomic mass is 16.5. The molecule has 2 atom stereocenters. The molecule has 2 fully saturated rings. The third-order valence-corrected chi connectivity index (χ3v) is 3.34. The summed E-state index contributed by atoms with van der Waals surface area (Å²) in [4.78, 5) is 25.3. The molecule has 1 amide bonds. The maximum Gasteiger partial charge on any atom is 0.332 e. The molecule has 0 bridgehead atoms. The topological polar surface area (TPSA) is 72.6 Å². The van der Waals surface area contributed by atoms with Crippen molar-refractivity contribution in [3.05, 3.63) is 12.7 Å². The third-order valence-electron chi connectivity index (χ3n) is 3.34. The summed E-state index contributed by atoms with van der Waals surface area (Å²) in [6.07, 6.45) is 3.39. The van der Waals surface area contributed by atoms with Crippen molar-refractivity contribution < 1.29 is 14.3 Å². The summed E-state index contributed by atoms with van der Waals surface area (Å²) in [6.45, 7) is 4.28. The van der Waals surface area contributed by atoms with Crippen molar-refractivity contribution >= 4 is 11.9 Å². The van der Waals surface area contributed by atoms with Gasteiger partial charge in [0.25, 0.3) is 0 Å². The third kappa shape index (κ3) is 1.43. The Bertz CT molecular complexity index is 342. The van der Waals surface area contributed by atoms with Crippen molar-refractivity contribution in [1.29, 1.82) is 0 Å². The zero-order valence-electron chi connectivity index (χ0n) is 9.15. The van der Waals surface area contributed by atoms with Crippen LogP contribution in [0.15, 0.2) is 12.7 Å². The molecule has 2 aliphatic heterocycles. The van der Waals surface area contributed by atoms with Gasteiger partial charge in [-0.05, 0) is 12.8 Å². The zero-order valence-corrected chi connectivity index (χ0v) is 9.15. The van der Waals surface area contributed by atoms with Gasteiger partial charge in [0.1, 0.15) is 12.1 Å². The fraction of sp³-hybridized carbons (Fsp3) is 0.636. The van der Waals surface area contributed by atoms with Gasteiger partial charge in [0, 0.05) is 13.0 Å². The van der Waals surface area contributed by atoms with Gasteiger partial charge in [-0.15, -0.1) is 0 Å². The minimum atomic E-state index is -0.792. The molecule has 16 heavy (non-hydrogen) atoms. The maximum atomic E-state index is 12.0. The van der Waals surface area contributed by atoms with Crippen LogP contribution in [0.5, 0.6) is 0 Å². The Hall–Kier alpha value is -1.36. The van der Waals surface area contributed by atoms with Gasteiger partial charge in [-0.2, -0.15) is 0 Å². The van der Waals surface area contributed by atoms with Crippen LogP contribution in [0.3, 0.4) is 0 Å². The molecule has 2 aliphatic rings. The van der Waals surface area contributed by atoms with Crippen molar-refractivity contribution in [3.8, 4) is 0 Å². The normalized spacial score (nSPS) is 32.7. The number of hydrogen-bond acceptors (Lipinski definition) is 4. The lowest BCUT2D eigenvalue weighted by Crippen LogP contribution is -2.48. The first-order valence-electron chi connectivity index (χ1n) is 5.47. The van der Waals surface area contributed by atoms with Crippen LogP contribution in [0, 0.1) is 0 Å². The molecule has 2 heterocycles. The Morgan fingerprint density at radius 2 is 2.50 bits per heavy atom. The van der Waals surface area contributed by atoms with E-state index in [2.05, 4.69) is 6.58 Å². The smallest absolute Gasteiger partial charge is 0.332 e. The molecule has 0 aliphatic carbocycles. The summed E-state index contributed by atoms with van der Waals surface area (Å²) in [5.74, 6) is -0.473. The molecule has 2 rings (SSSR count). The molecule has 0 spiro atoms. The van der Waals surface area contributed by atoms with E-state index < -0.39 is 11.6 Å². The van der Waals surface area contributed by atoms with Gasteiger partial charge in [-0.3, -0.25) is 4.79 Å². The van der Waals surface area contributed by atoms with Crippen molar-refractivity contribution in [3.63, 3.8) is 0 Å². The van der Waals surface area contributed by atoms with Crippen LogP contribution in [0.2, 0.25) is 0 Å². The highest BCUT2D eigenvalue weighted by Crippen LogP contribution is 2.40. The number of carbonyl (C=O) groups is 2. The molecule has 5 nitrogen and oxygen atoms in total. The summed E-state index contributed by atoms with van der Waals surface area (Å²) in [5, 5.41) is 0. The van der Waals surface area contributed by atoms with Gasteiger partial charge in [-0.1, -0.05) is 12.7 Å². The second kappa shape index (κ2) is 3.90. The van der Waals surface area contributed by atoms with Crippen molar-refractivity contribution in [1.82, 2.24) is 4.90 Å². The van der Waals surface area contributed by atoms with Crippen LogP contribution in [0.25, 0.3) is 0 Å². The van der Waals surface area contributed by atoms with E-state index in [4.69, 9.17) is 10.5 Å². The highest BCUT2D eigenvalue weighted by molar-refractivity contribution is 5.95. The van der Waals surface area contributed by atoms with E-state index >= 15 is 0 Å². The number of nitrogens with zero attached hydrogens (tertiary/aromatic N) is 1. The lowest BCUT2D eigenvalue weighted by atomic mass is 9.93. The number of esters is 1. The molecule has 2 N–H and O–H groups in total. The van der Waals surface area contributed by atoms with E-state index in [0.717, 1.165) is 6.42 Å². The molecule has 0 saturated carbocycles. The molecular weight excluding hydrogens is 208 g/mol. The minimum Gasteiger partial charge on any atom is -0.460 e. The minimum absolute atomic E-state index is 0.131. The molecule has 0 radical (unpaired) electrons. The second-order valence-corrected chi connectivity index (χ2v) is 4.32. The van der Waals surface area contributed by atoms with Gasteiger partial charge in [0.2, 0.25) is 5.91 Å². The molecule has 1 unspecified atom stereocenters. The monoisotopic (exact) mass is 224 g/mol. The lowest BCUT2D eigenvalue weighted by Gasteiger charge is -2.28. The fourth-order valence-corrected chi connectivity index (χ4v) is 2.63. The average molecular weight is 224 g/mol. The molecule has 0 aromatic rings. The van der Waals surface area contributed by atoms with Gasteiger partial charge in [0.15, 0.2) is 0 Å². The van der Waals surface area contributed by atoms with Crippen LogP contribution in [0.1, 0.15) is 19.3 Å². The summed E-state index contributed by atoms with van der Waals surface area (Å²) in [5.41, 5.74) is 4.91. The van der Waals surface area contributed by atoms with Gasteiger partial charge in [-0.25, -0.2) is 4.79 Å². The molecular formula is C11H16N2O3. The van der Waals surface area contributed by atoms with Crippen LogP contribution >= 0.6 is 0 Å². The standard InChI is InChI=1S/C11H16N2O3/c1-2-6-16-10(15)11-4-3-5-13(11)9(14)8(12)7-11/h2,8H,1,3-7,12H2/t8?,11-/m1/s1. The van der Waals surface area contributed by atoms with Gasteiger partial charge < -0.3 is 15.4 Å². The SMILES string of the molecule is C=CCOC(=O)[C@]12CCCN1C(=O)C(N)C2. The van der Waals surface area contributed by atoms with Crippen LogP contribution in [-0.4, -0.2) is 41.5 Å². The Balaban J connectivity index is 2.19. The molecule has 0 aromatic heterocycles. The molecule has 88 valence electrons. The van der Waals surface area contributed by atoms with Gasteiger partial charge >= 0.3 is 5.97 Å². The predicted octanol–water partition coefficient (Wildman–Crippen LogP) is -0.192. The quantitative estimate of drug-likeness (QED) is 0.532. The predicted molar refractivity (Wildman–Crippen MR) is 57.4 cm³/mol. The second-order valence-electron chi connectivity index (χ2n) is 4.32. The maximum absolute atomic E-state index is 12.0. The van der Waals surface area contributed by atoms with Crippen LogP contribution in [0.4, 0.5) is 0 Å². The Kier molecular flexibility index (Phi) is 2.71. The number of carbonyl (C=O) groups excluding carboxylic acids is 2. The largest absolute Gasteiger partial charge is 0.460 e. The molecule has 5 heteroatoms. The average Bonchev–Trinajstić information content (AvgIpc) is 2.77. The van der Waals surface area contributed by atoms with E-state index in [1.807, 2.05) is 0 Å². The number of rotatable bonds is 3. The Labute approximate surface area is 94.2 Å².